The van der Waals surface area contributed by atoms with Gasteiger partial charge in [0.1, 0.15) is 0 Å². The molecule has 1 fully saturated rings. The summed E-state index contributed by atoms with van der Waals surface area (Å²) in [6.07, 6.45) is 0. The highest BCUT2D eigenvalue weighted by molar-refractivity contribution is 6.00. The van der Waals surface area contributed by atoms with Gasteiger partial charge in [-0.05, 0) is 24.6 Å². The maximum absolute atomic E-state index is 11.6. The zero-order chi connectivity index (χ0) is 14.7. The first-order valence-electron chi connectivity index (χ1n) is 6.26. The molecule has 1 saturated heterocycles. The molecule has 6 nitrogen and oxygen atoms in total. The number of hydrogen-bond donors (Lipinski definition) is 1. The van der Waals surface area contributed by atoms with E-state index in [0.29, 0.717) is 12.1 Å². The first kappa shape index (κ1) is 14.2. The molecule has 6 heteroatoms. The lowest BCUT2D eigenvalue weighted by Crippen LogP contribution is -2.56. The summed E-state index contributed by atoms with van der Waals surface area (Å²) < 4.78 is 4.62. The minimum absolute atomic E-state index is 0.186. The Hall–Kier alpha value is -2.21. The molecule has 0 spiro atoms. The fourth-order valence-electron chi connectivity index (χ4n) is 2.06. The van der Waals surface area contributed by atoms with Crippen LogP contribution in [-0.4, -0.2) is 42.4 Å². The normalized spacial score (nSPS) is 19.6. The van der Waals surface area contributed by atoms with Crippen LogP contribution in [-0.2, 0) is 20.9 Å². The molecule has 2 rings (SSSR count). The van der Waals surface area contributed by atoms with Crippen molar-refractivity contribution in [2.75, 3.05) is 13.7 Å². The number of piperazine rings is 1. The maximum atomic E-state index is 11.6. The minimum atomic E-state index is -0.391. The SMILES string of the molecule is COC(=O)c1ccc(CN2CC(=O)NC(=O)C2C)cc1. The van der Waals surface area contributed by atoms with Gasteiger partial charge in [0.2, 0.25) is 11.8 Å². The fourth-order valence-corrected chi connectivity index (χ4v) is 2.06. The molecule has 2 amide bonds. The lowest BCUT2D eigenvalue weighted by Gasteiger charge is -2.31. The van der Waals surface area contributed by atoms with Crippen LogP contribution < -0.4 is 5.32 Å². The van der Waals surface area contributed by atoms with Crippen molar-refractivity contribution in [2.24, 2.45) is 0 Å². The van der Waals surface area contributed by atoms with E-state index < -0.39 is 5.97 Å². The van der Waals surface area contributed by atoms with Crippen LogP contribution in [0.1, 0.15) is 22.8 Å². The van der Waals surface area contributed by atoms with Crippen molar-refractivity contribution in [3.63, 3.8) is 0 Å². The molecule has 1 heterocycles. The van der Waals surface area contributed by atoms with Gasteiger partial charge in [0, 0.05) is 6.54 Å². The summed E-state index contributed by atoms with van der Waals surface area (Å²) in [6, 6.07) is 6.55. The molecule has 1 aliphatic heterocycles. The third-order valence-corrected chi connectivity index (χ3v) is 3.30. The largest absolute Gasteiger partial charge is 0.465 e. The van der Waals surface area contributed by atoms with Crippen LogP contribution in [0.4, 0.5) is 0 Å². The van der Waals surface area contributed by atoms with Crippen molar-refractivity contribution in [2.45, 2.75) is 19.5 Å². The number of benzene rings is 1. The van der Waals surface area contributed by atoms with E-state index in [9.17, 15) is 14.4 Å². The molecule has 106 valence electrons. The molecule has 1 aromatic carbocycles. The topological polar surface area (TPSA) is 75.7 Å². The van der Waals surface area contributed by atoms with Gasteiger partial charge in [-0.3, -0.25) is 19.8 Å². The molecule has 1 unspecified atom stereocenters. The summed E-state index contributed by atoms with van der Waals surface area (Å²) in [5.41, 5.74) is 1.39. The highest BCUT2D eigenvalue weighted by atomic mass is 16.5. The Bertz CT molecular complexity index is 539. The van der Waals surface area contributed by atoms with Crippen LogP contribution in [0.15, 0.2) is 24.3 Å². The second kappa shape index (κ2) is 5.83. The van der Waals surface area contributed by atoms with Gasteiger partial charge < -0.3 is 4.74 Å². The summed E-state index contributed by atoms with van der Waals surface area (Å²) in [5.74, 6) is -0.968. The van der Waals surface area contributed by atoms with Gasteiger partial charge in [-0.2, -0.15) is 0 Å². The zero-order valence-corrected chi connectivity index (χ0v) is 11.4. The van der Waals surface area contributed by atoms with Gasteiger partial charge >= 0.3 is 5.97 Å². The average molecular weight is 276 g/mol. The lowest BCUT2D eigenvalue weighted by molar-refractivity contribution is -0.139. The molecule has 0 bridgehead atoms. The molecule has 1 aromatic rings. The van der Waals surface area contributed by atoms with Gasteiger partial charge in [0.05, 0.1) is 25.3 Å². The highest BCUT2D eigenvalue weighted by Crippen LogP contribution is 2.12. The zero-order valence-electron chi connectivity index (χ0n) is 11.4. The molecular formula is C14H16N2O4. The number of nitrogens with one attached hydrogen (secondary N) is 1. The van der Waals surface area contributed by atoms with Gasteiger partial charge in [0.15, 0.2) is 0 Å². The summed E-state index contributed by atoms with van der Waals surface area (Å²) >= 11 is 0. The average Bonchev–Trinajstić information content (AvgIpc) is 2.44. The van der Waals surface area contributed by atoms with Gasteiger partial charge in [0.25, 0.3) is 0 Å². The number of amides is 2. The molecule has 0 aliphatic carbocycles. The predicted octanol–water partition coefficient (Wildman–Crippen LogP) is 0.320. The van der Waals surface area contributed by atoms with Crippen LogP contribution in [0.2, 0.25) is 0 Å². The van der Waals surface area contributed by atoms with E-state index in [1.165, 1.54) is 7.11 Å². The predicted molar refractivity (Wildman–Crippen MR) is 70.8 cm³/mol. The summed E-state index contributed by atoms with van der Waals surface area (Å²) in [4.78, 5) is 36.0. The van der Waals surface area contributed by atoms with Crippen molar-refractivity contribution >= 4 is 17.8 Å². The molecule has 0 radical (unpaired) electrons. The minimum Gasteiger partial charge on any atom is -0.465 e. The van der Waals surface area contributed by atoms with Gasteiger partial charge in [-0.15, -0.1) is 0 Å². The summed E-state index contributed by atoms with van der Waals surface area (Å²) in [6.45, 7) is 2.41. The lowest BCUT2D eigenvalue weighted by atomic mass is 10.1. The highest BCUT2D eigenvalue weighted by Gasteiger charge is 2.29. The van der Waals surface area contributed by atoms with Crippen molar-refractivity contribution in [1.82, 2.24) is 10.2 Å². The summed E-state index contributed by atoms with van der Waals surface area (Å²) in [7, 11) is 1.33. The van der Waals surface area contributed by atoms with E-state index in [0.717, 1.165) is 5.56 Å². The van der Waals surface area contributed by atoms with Gasteiger partial charge in [-0.1, -0.05) is 12.1 Å². The van der Waals surface area contributed by atoms with Crippen molar-refractivity contribution in [1.29, 1.82) is 0 Å². The van der Waals surface area contributed by atoms with Crippen LogP contribution in [0.25, 0.3) is 0 Å². The van der Waals surface area contributed by atoms with Crippen LogP contribution in [0.5, 0.6) is 0 Å². The molecule has 1 atom stereocenters. The fraction of sp³-hybridized carbons (Fsp3) is 0.357. The third kappa shape index (κ3) is 3.03. The standard InChI is InChI=1S/C14H16N2O4/c1-9-13(18)15-12(17)8-16(9)7-10-3-5-11(6-4-10)14(19)20-2/h3-6,9H,7-8H2,1-2H3,(H,15,17,18). The smallest absolute Gasteiger partial charge is 0.337 e. The maximum Gasteiger partial charge on any atom is 0.337 e. The Balaban J connectivity index is 2.07. The Morgan fingerprint density at radius 2 is 2.00 bits per heavy atom. The van der Waals surface area contributed by atoms with Crippen LogP contribution in [0.3, 0.4) is 0 Å². The number of ether oxygens (including phenoxy) is 1. The second-order valence-electron chi connectivity index (χ2n) is 4.68. The molecule has 20 heavy (non-hydrogen) atoms. The summed E-state index contributed by atoms with van der Waals surface area (Å²) in [5, 5.41) is 2.30. The number of nitrogens with zero attached hydrogens (tertiary/aromatic N) is 1. The van der Waals surface area contributed by atoms with E-state index in [1.807, 2.05) is 0 Å². The number of hydrogen-bond acceptors (Lipinski definition) is 5. The molecular weight excluding hydrogens is 260 g/mol. The number of esters is 1. The molecule has 1 aliphatic rings. The van der Waals surface area contributed by atoms with E-state index in [4.69, 9.17) is 0 Å². The Morgan fingerprint density at radius 3 is 2.60 bits per heavy atom. The van der Waals surface area contributed by atoms with E-state index in [2.05, 4.69) is 10.1 Å². The number of imide groups is 1. The first-order valence-corrected chi connectivity index (χ1v) is 6.26. The van der Waals surface area contributed by atoms with E-state index >= 15 is 0 Å². The van der Waals surface area contributed by atoms with E-state index in [-0.39, 0.29) is 24.4 Å². The number of rotatable bonds is 3. The number of carbonyl (C=O) groups is 3. The Morgan fingerprint density at radius 1 is 1.35 bits per heavy atom. The Labute approximate surface area is 116 Å². The number of carbonyl (C=O) groups excluding carboxylic acids is 3. The van der Waals surface area contributed by atoms with Gasteiger partial charge in [-0.25, -0.2) is 4.79 Å². The second-order valence-corrected chi connectivity index (χ2v) is 4.68. The molecule has 1 N–H and O–H groups in total. The quantitative estimate of drug-likeness (QED) is 0.635. The Kier molecular flexibility index (Phi) is 4.14. The van der Waals surface area contributed by atoms with Crippen LogP contribution in [0, 0.1) is 0 Å². The molecule has 0 saturated carbocycles. The van der Waals surface area contributed by atoms with Crippen molar-refractivity contribution < 1.29 is 19.1 Å². The monoisotopic (exact) mass is 276 g/mol. The van der Waals surface area contributed by atoms with Crippen molar-refractivity contribution in [3.05, 3.63) is 35.4 Å². The molecule has 0 aromatic heterocycles. The third-order valence-electron chi connectivity index (χ3n) is 3.30. The van der Waals surface area contributed by atoms with Crippen LogP contribution >= 0.6 is 0 Å². The van der Waals surface area contributed by atoms with Crippen molar-refractivity contribution in [3.8, 4) is 0 Å². The number of methoxy groups -OCH3 is 1. The van der Waals surface area contributed by atoms with E-state index in [1.54, 1.807) is 36.1 Å². The first-order chi connectivity index (χ1) is 9.51.